The number of hydrogen-bond acceptors (Lipinski definition) is 11. The molecule has 18 nitrogen and oxygen atoms in total. The molecule has 0 heterocycles. The number of amides is 3. The number of carbonyl (C=O) groups excluding carboxylic acids is 6. The van der Waals surface area contributed by atoms with E-state index in [9.17, 15) is 63.3 Å². The molecule has 18 heteroatoms. The molecule has 8 N–H and O–H groups in total. The molecule has 0 spiro atoms. The molecule has 0 radical (unpaired) electrons. The van der Waals surface area contributed by atoms with Gasteiger partial charge in [0.25, 0.3) is 0 Å². The third-order valence-corrected chi connectivity index (χ3v) is 8.15. The van der Waals surface area contributed by atoms with Crippen LogP contribution in [0.25, 0.3) is 0 Å². The number of aliphatic carboxylic acids is 4. The van der Waals surface area contributed by atoms with E-state index >= 15 is 0 Å². The minimum absolute atomic E-state index is 0.0992. The number of nitrogens with one attached hydrogen (secondary N) is 4. The molecular formula is C33H52N4O14. The average molecular weight is 729 g/mol. The topological polar surface area (TPSA) is 300 Å². The Kier molecular flexibility index (Phi) is 22.9. The first kappa shape index (κ1) is 46.3. The van der Waals surface area contributed by atoms with Gasteiger partial charge in [-0.2, -0.15) is 0 Å². The van der Waals surface area contributed by atoms with E-state index in [-0.39, 0.29) is 50.4 Å². The number of carboxylic acids is 4. The Hall–Kier alpha value is -4.74. The van der Waals surface area contributed by atoms with Gasteiger partial charge in [0.05, 0.1) is 17.9 Å². The highest BCUT2D eigenvalue weighted by Crippen LogP contribution is 2.17. The highest BCUT2D eigenvalue weighted by atomic mass is 16.4. The lowest BCUT2D eigenvalue weighted by atomic mass is 9.93. The monoisotopic (exact) mass is 728 g/mol. The van der Waals surface area contributed by atoms with Gasteiger partial charge in [-0.25, -0.2) is 9.59 Å². The maximum absolute atomic E-state index is 12.5. The number of unbranched alkanes of at least 4 members (excludes halogenated alkanes) is 1. The van der Waals surface area contributed by atoms with E-state index in [0.717, 1.165) is 6.92 Å². The van der Waals surface area contributed by atoms with Crippen LogP contribution in [0.4, 0.5) is 0 Å². The van der Waals surface area contributed by atoms with Crippen molar-refractivity contribution in [2.75, 3.05) is 13.6 Å². The van der Waals surface area contributed by atoms with Gasteiger partial charge in [-0.15, -0.1) is 0 Å². The maximum atomic E-state index is 12.5. The van der Waals surface area contributed by atoms with Gasteiger partial charge in [0.2, 0.25) is 17.7 Å². The Morgan fingerprint density at radius 1 is 0.549 bits per heavy atom. The first-order valence-electron chi connectivity index (χ1n) is 16.9. The molecule has 0 fully saturated rings. The van der Waals surface area contributed by atoms with Gasteiger partial charge in [0.15, 0.2) is 0 Å². The molecule has 0 saturated heterocycles. The highest BCUT2D eigenvalue weighted by molar-refractivity contribution is 5.88. The lowest BCUT2D eigenvalue weighted by molar-refractivity contribution is -0.145. The van der Waals surface area contributed by atoms with Crippen molar-refractivity contribution in [2.24, 2.45) is 11.8 Å². The fourth-order valence-corrected chi connectivity index (χ4v) is 5.13. The van der Waals surface area contributed by atoms with E-state index in [1.807, 2.05) is 0 Å². The summed E-state index contributed by atoms with van der Waals surface area (Å²) < 4.78 is 0. The molecule has 0 aliphatic carbocycles. The molecular weight excluding hydrogens is 676 g/mol. The molecule has 5 atom stereocenters. The standard InChI is InChI=1S/C33H52N4O14/c1-4-27(41)24(34-3)7-5-6-16-35-28(42)14-8-20(30(44)45)17-23(40)11-13-26(33(50)51)37-29(43)15-9-21(31(46)47)18-22(39)10-12-25(32(48)49)36-19(2)38/h20-21,24-26,34H,4-18H2,1-3H3,(H,35,42)(H,36,38)(H,37,43)(H,44,45)(H,46,47)(H,48,49)(H,50,51)/t20-,21-,24+,25+,26+/m1/s1. The summed E-state index contributed by atoms with van der Waals surface area (Å²) in [6, 6.07) is -3.14. The molecule has 0 aromatic rings. The van der Waals surface area contributed by atoms with Crippen LogP contribution in [0.1, 0.15) is 104 Å². The summed E-state index contributed by atoms with van der Waals surface area (Å²) in [6.07, 6.45) is -1.19. The van der Waals surface area contributed by atoms with Gasteiger partial charge in [-0.3, -0.25) is 38.4 Å². The number of ketones is 3. The SMILES string of the molecule is CCC(=O)[C@H](CCCCNC(=O)CC[C@H](CC(=O)CC[C@H](NC(=O)CC[C@H](CC(=O)CC[C@H](NC(C)=O)C(=O)O)C(=O)O)C(=O)O)C(=O)O)NC. The lowest BCUT2D eigenvalue weighted by Gasteiger charge is -2.17. The third kappa shape index (κ3) is 21.2. The molecule has 0 aromatic carbocycles. The average Bonchev–Trinajstić information content (AvgIpc) is 3.05. The van der Waals surface area contributed by atoms with Gasteiger partial charge in [0, 0.05) is 58.4 Å². The summed E-state index contributed by atoms with van der Waals surface area (Å²) in [7, 11) is 1.70. The second-order valence-electron chi connectivity index (χ2n) is 12.3. The predicted octanol–water partition coefficient (Wildman–Crippen LogP) is 0.440. The summed E-state index contributed by atoms with van der Waals surface area (Å²) in [5.41, 5.74) is 0. The Morgan fingerprint density at radius 2 is 1.02 bits per heavy atom. The Bertz CT molecular complexity index is 1250. The first-order valence-corrected chi connectivity index (χ1v) is 16.9. The van der Waals surface area contributed by atoms with Crippen molar-refractivity contribution in [1.82, 2.24) is 21.3 Å². The normalized spacial score (nSPS) is 13.8. The van der Waals surface area contributed by atoms with Crippen LogP contribution in [0.5, 0.6) is 0 Å². The van der Waals surface area contributed by atoms with Crippen molar-refractivity contribution in [2.45, 2.75) is 122 Å². The number of carbonyl (C=O) groups is 10. The largest absolute Gasteiger partial charge is 0.481 e. The highest BCUT2D eigenvalue weighted by Gasteiger charge is 2.28. The summed E-state index contributed by atoms with van der Waals surface area (Å²) in [6.45, 7) is 3.21. The molecule has 0 saturated carbocycles. The van der Waals surface area contributed by atoms with Crippen molar-refractivity contribution < 1.29 is 68.4 Å². The van der Waals surface area contributed by atoms with Crippen LogP contribution < -0.4 is 21.3 Å². The Labute approximate surface area is 295 Å². The maximum Gasteiger partial charge on any atom is 0.326 e. The van der Waals surface area contributed by atoms with E-state index in [1.54, 1.807) is 14.0 Å². The van der Waals surface area contributed by atoms with Gasteiger partial charge < -0.3 is 41.7 Å². The van der Waals surface area contributed by atoms with E-state index in [1.165, 1.54) is 0 Å². The fourth-order valence-electron chi connectivity index (χ4n) is 5.13. The zero-order valence-corrected chi connectivity index (χ0v) is 29.4. The molecule has 0 bridgehead atoms. The fraction of sp³-hybridized carbons (Fsp3) is 0.697. The summed E-state index contributed by atoms with van der Waals surface area (Å²) >= 11 is 0. The van der Waals surface area contributed by atoms with Gasteiger partial charge >= 0.3 is 23.9 Å². The Balaban J connectivity index is 4.79. The van der Waals surface area contributed by atoms with E-state index < -0.39 is 103 Å². The zero-order valence-electron chi connectivity index (χ0n) is 29.4. The minimum Gasteiger partial charge on any atom is -0.481 e. The third-order valence-electron chi connectivity index (χ3n) is 8.15. The van der Waals surface area contributed by atoms with E-state index in [2.05, 4.69) is 21.3 Å². The van der Waals surface area contributed by atoms with Crippen molar-refractivity contribution in [1.29, 1.82) is 0 Å². The summed E-state index contributed by atoms with van der Waals surface area (Å²) in [4.78, 5) is 119. The van der Waals surface area contributed by atoms with Crippen molar-refractivity contribution in [3.05, 3.63) is 0 Å². The van der Waals surface area contributed by atoms with Crippen LogP contribution in [-0.4, -0.2) is 111 Å². The number of hydrogen-bond donors (Lipinski definition) is 8. The zero-order chi connectivity index (χ0) is 39.1. The molecule has 288 valence electrons. The molecule has 0 unspecified atom stereocenters. The number of carboxylic acid groups (broad SMARTS) is 4. The second kappa shape index (κ2) is 25.2. The molecule has 0 aromatic heterocycles. The van der Waals surface area contributed by atoms with Crippen LogP contribution in [0.2, 0.25) is 0 Å². The van der Waals surface area contributed by atoms with E-state index in [0.29, 0.717) is 32.2 Å². The smallest absolute Gasteiger partial charge is 0.326 e. The quantitative estimate of drug-likeness (QED) is 0.0466. The minimum atomic E-state index is -1.55. The number of likely N-dealkylation sites (N-methyl/N-ethyl adjacent to an activating group) is 1. The molecule has 0 aliphatic rings. The van der Waals surface area contributed by atoms with Gasteiger partial charge in [-0.05, 0) is 52.0 Å². The molecule has 0 rings (SSSR count). The van der Waals surface area contributed by atoms with Crippen molar-refractivity contribution in [3.63, 3.8) is 0 Å². The molecule has 51 heavy (non-hydrogen) atoms. The number of rotatable bonds is 30. The van der Waals surface area contributed by atoms with Crippen LogP contribution in [-0.2, 0) is 47.9 Å². The van der Waals surface area contributed by atoms with Gasteiger partial charge in [-0.1, -0.05) is 6.92 Å². The van der Waals surface area contributed by atoms with E-state index in [4.69, 9.17) is 5.11 Å². The van der Waals surface area contributed by atoms with Crippen molar-refractivity contribution in [3.8, 4) is 0 Å². The van der Waals surface area contributed by atoms with Crippen LogP contribution in [0.15, 0.2) is 0 Å². The second-order valence-corrected chi connectivity index (χ2v) is 12.3. The molecule has 3 amide bonds. The first-order chi connectivity index (χ1) is 23.9. The Morgan fingerprint density at radius 3 is 1.43 bits per heavy atom. The summed E-state index contributed by atoms with van der Waals surface area (Å²) in [5, 5.41) is 47.6. The summed E-state index contributed by atoms with van der Waals surface area (Å²) in [5.74, 6) is -11.1. The molecule has 0 aliphatic heterocycles. The van der Waals surface area contributed by atoms with Crippen LogP contribution in [0, 0.1) is 11.8 Å². The van der Waals surface area contributed by atoms with Gasteiger partial charge in [0.1, 0.15) is 29.4 Å². The van der Waals surface area contributed by atoms with Crippen LogP contribution >= 0.6 is 0 Å². The predicted molar refractivity (Wildman–Crippen MR) is 178 cm³/mol. The lowest BCUT2D eigenvalue weighted by Crippen LogP contribution is -2.41. The van der Waals surface area contributed by atoms with Crippen LogP contribution in [0.3, 0.4) is 0 Å². The van der Waals surface area contributed by atoms with Crippen molar-refractivity contribution >= 4 is 58.9 Å². The number of Topliss-reactive ketones (excluding diaryl/α,β-unsaturated/α-hetero) is 3.